The Kier molecular flexibility index (Phi) is 4.77. The van der Waals surface area contributed by atoms with Crippen molar-refractivity contribution in [2.75, 3.05) is 31.2 Å². The fraction of sp³-hybridized carbons (Fsp3) is 0.375. The van der Waals surface area contributed by atoms with Gasteiger partial charge < -0.3 is 15.0 Å². The smallest absolute Gasteiger partial charge is 0.270 e. The summed E-state index contributed by atoms with van der Waals surface area (Å²) in [6.45, 7) is 5.24. The Balaban J connectivity index is 1.68. The van der Waals surface area contributed by atoms with E-state index in [0.29, 0.717) is 24.7 Å². The molecule has 0 unspecified atom stereocenters. The Morgan fingerprint density at radius 2 is 2.13 bits per heavy atom. The molecule has 7 nitrogen and oxygen atoms in total. The molecule has 23 heavy (non-hydrogen) atoms. The summed E-state index contributed by atoms with van der Waals surface area (Å²) < 4.78 is 5.36. The molecule has 0 bridgehead atoms. The van der Waals surface area contributed by atoms with Gasteiger partial charge in [-0.1, -0.05) is 6.07 Å². The molecule has 0 saturated carbocycles. The standard InChI is InChI=1S/C16H19N5O2/c1-12-10-15(21-6-8-23-9-7-21)20-14(19-12)11-18-16(22)13-4-2-3-5-17-13/h2-5,10H,6-9,11H2,1H3,(H,18,22). The van der Waals surface area contributed by atoms with Crippen LogP contribution in [0.1, 0.15) is 22.0 Å². The van der Waals surface area contributed by atoms with Crippen LogP contribution < -0.4 is 10.2 Å². The molecule has 0 aromatic carbocycles. The van der Waals surface area contributed by atoms with Gasteiger partial charge in [0.1, 0.15) is 17.3 Å². The average molecular weight is 313 g/mol. The van der Waals surface area contributed by atoms with E-state index in [1.807, 2.05) is 13.0 Å². The lowest BCUT2D eigenvalue weighted by molar-refractivity contribution is 0.0945. The third-order valence-corrected chi connectivity index (χ3v) is 3.53. The van der Waals surface area contributed by atoms with Crippen LogP contribution >= 0.6 is 0 Å². The predicted octanol–water partition coefficient (Wildman–Crippen LogP) is 0.947. The molecule has 1 aliphatic heterocycles. The fourth-order valence-electron chi connectivity index (χ4n) is 2.39. The summed E-state index contributed by atoms with van der Waals surface area (Å²) in [5, 5.41) is 2.80. The lowest BCUT2D eigenvalue weighted by Gasteiger charge is -2.28. The third kappa shape index (κ3) is 4.01. The quantitative estimate of drug-likeness (QED) is 0.905. The van der Waals surface area contributed by atoms with E-state index in [2.05, 4.69) is 25.2 Å². The van der Waals surface area contributed by atoms with Crippen LogP contribution in [0.25, 0.3) is 0 Å². The molecule has 1 amide bonds. The summed E-state index contributed by atoms with van der Waals surface area (Å²) in [7, 11) is 0. The summed E-state index contributed by atoms with van der Waals surface area (Å²) >= 11 is 0. The van der Waals surface area contributed by atoms with Crippen LogP contribution in [0, 0.1) is 6.92 Å². The molecule has 1 aliphatic rings. The van der Waals surface area contributed by atoms with E-state index in [9.17, 15) is 4.79 Å². The molecule has 1 saturated heterocycles. The van der Waals surface area contributed by atoms with E-state index in [1.165, 1.54) is 0 Å². The molecule has 0 spiro atoms. The maximum atomic E-state index is 12.0. The van der Waals surface area contributed by atoms with Crippen molar-refractivity contribution in [1.29, 1.82) is 0 Å². The number of hydrogen-bond acceptors (Lipinski definition) is 6. The first kappa shape index (κ1) is 15.4. The Morgan fingerprint density at radius 3 is 2.87 bits per heavy atom. The molecule has 1 N–H and O–H groups in total. The number of pyridine rings is 1. The van der Waals surface area contributed by atoms with Crippen molar-refractivity contribution in [3.63, 3.8) is 0 Å². The minimum atomic E-state index is -0.233. The van der Waals surface area contributed by atoms with Gasteiger partial charge in [0.25, 0.3) is 5.91 Å². The summed E-state index contributed by atoms with van der Waals surface area (Å²) in [4.78, 5) is 27.2. The molecular weight excluding hydrogens is 294 g/mol. The Hall–Kier alpha value is -2.54. The topological polar surface area (TPSA) is 80.2 Å². The molecule has 0 atom stereocenters. The van der Waals surface area contributed by atoms with Crippen LogP contribution in [0.5, 0.6) is 0 Å². The van der Waals surface area contributed by atoms with E-state index >= 15 is 0 Å². The number of nitrogens with one attached hydrogen (secondary N) is 1. The minimum Gasteiger partial charge on any atom is -0.378 e. The zero-order valence-corrected chi connectivity index (χ0v) is 13.0. The number of aromatic nitrogens is 3. The highest BCUT2D eigenvalue weighted by Gasteiger charge is 2.14. The van der Waals surface area contributed by atoms with E-state index in [1.54, 1.807) is 24.4 Å². The molecule has 1 fully saturated rings. The number of carbonyl (C=O) groups excluding carboxylic acids is 1. The number of ether oxygens (including phenoxy) is 1. The number of carbonyl (C=O) groups is 1. The number of nitrogens with zero attached hydrogens (tertiary/aromatic N) is 4. The molecular formula is C16H19N5O2. The van der Waals surface area contributed by atoms with Crippen molar-refractivity contribution in [3.05, 3.63) is 47.7 Å². The van der Waals surface area contributed by atoms with Crippen molar-refractivity contribution in [2.45, 2.75) is 13.5 Å². The van der Waals surface area contributed by atoms with Crippen molar-refractivity contribution < 1.29 is 9.53 Å². The summed E-state index contributed by atoms with van der Waals surface area (Å²) in [5.74, 6) is 1.24. The lowest BCUT2D eigenvalue weighted by atomic mass is 10.3. The van der Waals surface area contributed by atoms with Gasteiger partial charge in [0.2, 0.25) is 0 Å². The van der Waals surface area contributed by atoms with E-state index < -0.39 is 0 Å². The molecule has 3 heterocycles. The van der Waals surface area contributed by atoms with E-state index in [-0.39, 0.29) is 12.5 Å². The van der Waals surface area contributed by atoms with Crippen LogP contribution in [0.2, 0.25) is 0 Å². The maximum absolute atomic E-state index is 12.0. The fourth-order valence-corrected chi connectivity index (χ4v) is 2.39. The second kappa shape index (κ2) is 7.15. The number of rotatable bonds is 4. The summed E-state index contributed by atoms with van der Waals surface area (Å²) in [6.07, 6.45) is 1.59. The van der Waals surface area contributed by atoms with E-state index in [4.69, 9.17) is 4.74 Å². The monoisotopic (exact) mass is 313 g/mol. The minimum absolute atomic E-state index is 0.233. The Labute approximate surface area is 134 Å². The van der Waals surface area contributed by atoms with Gasteiger partial charge in [-0.15, -0.1) is 0 Å². The molecule has 2 aromatic rings. The van der Waals surface area contributed by atoms with Crippen LogP contribution in [0.4, 0.5) is 5.82 Å². The van der Waals surface area contributed by atoms with Crippen molar-refractivity contribution >= 4 is 11.7 Å². The molecule has 3 rings (SSSR count). The number of hydrogen-bond donors (Lipinski definition) is 1. The highest BCUT2D eigenvalue weighted by molar-refractivity contribution is 5.92. The van der Waals surface area contributed by atoms with Crippen molar-refractivity contribution in [1.82, 2.24) is 20.3 Å². The summed E-state index contributed by atoms with van der Waals surface area (Å²) in [6, 6.07) is 7.18. The van der Waals surface area contributed by atoms with Gasteiger partial charge in [-0.25, -0.2) is 9.97 Å². The van der Waals surface area contributed by atoms with Crippen LogP contribution in [-0.4, -0.2) is 47.2 Å². The lowest BCUT2D eigenvalue weighted by Crippen LogP contribution is -2.37. The van der Waals surface area contributed by atoms with Gasteiger partial charge in [-0.3, -0.25) is 9.78 Å². The first-order valence-electron chi connectivity index (χ1n) is 7.59. The number of anilines is 1. The maximum Gasteiger partial charge on any atom is 0.270 e. The van der Waals surface area contributed by atoms with Gasteiger partial charge in [-0.05, 0) is 19.1 Å². The van der Waals surface area contributed by atoms with Gasteiger partial charge in [0.05, 0.1) is 19.8 Å². The van der Waals surface area contributed by atoms with Crippen LogP contribution in [0.15, 0.2) is 30.5 Å². The molecule has 2 aromatic heterocycles. The Bertz CT molecular complexity index is 671. The third-order valence-electron chi connectivity index (χ3n) is 3.53. The van der Waals surface area contributed by atoms with E-state index in [0.717, 1.165) is 24.6 Å². The number of morpholine rings is 1. The summed E-state index contributed by atoms with van der Waals surface area (Å²) in [5.41, 5.74) is 1.26. The van der Waals surface area contributed by atoms with Crippen molar-refractivity contribution in [3.8, 4) is 0 Å². The normalized spacial score (nSPS) is 14.6. The first-order valence-corrected chi connectivity index (χ1v) is 7.59. The molecule has 0 aliphatic carbocycles. The van der Waals surface area contributed by atoms with Gasteiger partial charge in [0, 0.05) is 31.0 Å². The van der Waals surface area contributed by atoms with Gasteiger partial charge in [-0.2, -0.15) is 0 Å². The zero-order chi connectivity index (χ0) is 16.1. The Morgan fingerprint density at radius 1 is 1.30 bits per heavy atom. The average Bonchev–Trinajstić information content (AvgIpc) is 2.61. The van der Waals surface area contributed by atoms with Crippen LogP contribution in [-0.2, 0) is 11.3 Å². The predicted molar refractivity (Wildman–Crippen MR) is 85.2 cm³/mol. The molecule has 120 valence electrons. The molecule has 7 heteroatoms. The van der Waals surface area contributed by atoms with Gasteiger partial charge >= 0.3 is 0 Å². The first-order chi connectivity index (χ1) is 11.2. The number of amides is 1. The second-order valence-electron chi connectivity index (χ2n) is 5.28. The van der Waals surface area contributed by atoms with Crippen molar-refractivity contribution in [2.24, 2.45) is 0 Å². The zero-order valence-electron chi connectivity index (χ0n) is 13.0. The number of aryl methyl sites for hydroxylation is 1. The van der Waals surface area contributed by atoms with Crippen LogP contribution in [0.3, 0.4) is 0 Å². The van der Waals surface area contributed by atoms with Gasteiger partial charge in [0.15, 0.2) is 0 Å². The highest BCUT2D eigenvalue weighted by Crippen LogP contribution is 2.14. The second-order valence-corrected chi connectivity index (χ2v) is 5.28. The largest absolute Gasteiger partial charge is 0.378 e. The molecule has 0 radical (unpaired) electrons. The highest BCUT2D eigenvalue weighted by atomic mass is 16.5. The SMILES string of the molecule is Cc1cc(N2CCOCC2)nc(CNC(=O)c2ccccn2)n1.